The van der Waals surface area contributed by atoms with Crippen molar-refractivity contribution >= 4 is 16.3 Å². The lowest BCUT2D eigenvalue weighted by Crippen LogP contribution is -1.99. The average Bonchev–Trinajstić information content (AvgIpc) is 3.37. The third-order valence-electron chi connectivity index (χ3n) is 4.36. The van der Waals surface area contributed by atoms with E-state index in [-0.39, 0.29) is 5.75 Å². The van der Waals surface area contributed by atoms with Crippen LogP contribution in [-0.2, 0) is 0 Å². The number of hydrogen-bond donors (Lipinski definition) is 1. The summed E-state index contributed by atoms with van der Waals surface area (Å²) in [6.45, 7) is 2.00. The lowest BCUT2D eigenvalue weighted by atomic mass is 10.2. The Balaban J connectivity index is 1.60. The molecular formula is C19H14N6OS. The Morgan fingerprint density at radius 2 is 1.74 bits per heavy atom. The topological polar surface area (TPSA) is 81.1 Å². The standard InChI is InChI=1S/C19H14N6OS/c1-12-16(11-20-24(12)14-5-3-2-4-6-14)17-21-22-19-25(17)23-18(27-19)13-7-9-15(26)10-8-13/h2-11,26H,1H3. The molecule has 2 aromatic carbocycles. The van der Waals surface area contributed by atoms with Crippen molar-refractivity contribution in [3.63, 3.8) is 0 Å². The number of phenolic OH excluding ortho intramolecular Hbond substituents is 1. The summed E-state index contributed by atoms with van der Waals surface area (Å²) in [7, 11) is 0. The van der Waals surface area contributed by atoms with Crippen LogP contribution in [-0.4, -0.2) is 34.7 Å². The lowest BCUT2D eigenvalue weighted by Gasteiger charge is -2.04. The molecule has 3 heterocycles. The molecule has 5 rings (SSSR count). The molecule has 132 valence electrons. The van der Waals surface area contributed by atoms with Crippen LogP contribution in [0.25, 0.3) is 32.6 Å². The molecule has 0 atom stereocenters. The summed E-state index contributed by atoms with van der Waals surface area (Å²) >= 11 is 1.45. The fourth-order valence-corrected chi connectivity index (χ4v) is 3.81. The van der Waals surface area contributed by atoms with Gasteiger partial charge in [0.2, 0.25) is 4.96 Å². The fourth-order valence-electron chi connectivity index (χ4n) is 2.96. The van der Waals surface area contributed by atoms with E-state index in [1.165, 1.54) is 11.3 Å². The van der Waals surface area contributed by atoms with E-state index < -0.39 is 0 Å². The highest BCUT2D eigenvalue weighted by Crippen LogP contribution is 2.30. The molecule has 0 saturated heterocycles. The van der Waals surface area contributed by atoms with Gasteiger partial charge in [-0.2, -0.15) is 14.7 Å². The van der Waals surface area contributed by atoms with Gasteiger partial charge in [0, 0.05) is 5.56 Å². The number of fused-ring (bicyclic) bond motifs is 1. The molecule has 0 unspecified atom stereocenters. The van der Waals surface area contributed by atoms with Crippen molar-refractivity contribution < 1.29 is 5.11 Å². The van der Waals surface area contributed by atoms with Crippen LogP contribution in [0.2, 0.25) is 0 Å². The first-order chi connectivity index (χ1) is 13.2. The van der Waals surface area contributed by atoms with Crippen LogP contribution < -0.4 is 0 Å². The van der Waals surface area contributed by atoms with Crippen molar-refractivity contribution in [2.75, 3.05) is 0 Å². The summed E-state index contributed by atoms with van der Waals surface area (Å²) in [5.41, 5.74) is 3.76. The third-order valence-corrected chi connectivity index (χ3v) is 5.30. The Morgan fingerprint density at radius 3 is 2.52 bits per heavy atom. The second kappa shape index (κ2) is 6.03. The average molecular weight is 374 g/mol. The van der Waals surface area contributed by atoms with Gasteiger partial charge in [0.1, 0.15) is 10.8 Å². The van der Waals surface area contributed by atoms with Gasteiger partial charge in [-0.05, 0) is 43.3 Å². The van der Waals surface area contributed by atoms with Crippen molar-refractivity contribution in [3.05, 3.63) is 66.5 Å². The monoisotopic (exact) mass is 374 g/mol. The van der Waals surface area contributed by atoms with Crippen LogP contribution in [0.15, 0.2) is 60.8 Å². The number of hydrogen-bond acceptors (Lipinski definition) is 6. The molecule has 27 heavy (non-hydrogen) atoms. The van der Waals surface area contributed by atoms with Gasteiger partial charge in [0.15, 0.2) is 5.82 Å². The van der Waals surface area contributed by atoms with E-state index in [9.17, 15) is 5.11 Å². The molecule has 8 heteroatoms. The number of phenols is 1. The molecule has 0 fully saturated rings. The molecule has 0 amide bonds. The molecule has 5 aromatic rings. The highest BCUT2D eigenvalue weighted by Gasteiger charge is 2.19. The van der Waals surface area contributed by atoms with Crippen LogP contribution >= 0.6 is 11.3 Å². The van der Waals surface area contributed by atoms with E-state index in [1.807, 2.05) is 54.1 Å². The fraction of sp³-hybridized carbons (Fsp3) is 0.0526. The highest BCUT2D eigenvalue weighted by molar-refractivity contribution is 7.19. The van der Waals surface area contributed by atoms with Crippen molar-refractivity contribution in [3.8, 4) is 33.4 Å². The third kappa shape index (κ3) is 2.58. The van der Waals surface area contributed by atoms with Gasteiger partial charge < -0.3 is 5.11 Å². The van der Waals surface area contributed by atoms with Crippen LogP contribution in [0.3, 0.4) is 0 Å². The van der Waals surface area contributed by atoms with E-state index in [4.69, 9.17) is 0 Å². The van der Waals surface area contributed by atoms with E-state index >= 15 is 0 Å². The number of aromatic nitrogens is 6. The zero-order valence-corrected chi connectivity index (χ0v) is 15.1. The predicted molar refractivity (Wildman–Crippen MR) is 103 cm³/mol. The second-order valence-electron chi connectivity index (χ2n) is 6.06. The van der Waals surface area contributed by atoms with Crippen molar-refractivity contribution in [1.82, 2.24) is 29.6 Å². The van der Waals surface area contributed by atoms with Crippen LogP contribution in [0, 0.1) is 6.92 Å². The SMILES string of the molecule is Cc1c(-c2nnc3sc(-c4ccc(O)cc4)nn23)cnn1-c1ccccc1. The van der Waals surface area contributed by atoms with E-state index in [2.05, 4.69) is 20.4 Å². The second-order valence-corrected chi connectivity index (χ2v) is 7.02. The Hall–Kier alpha value is -3.52. The maximum absolute atomic E-state index is 9.47. The van der Waals surface area contributed by atoms with E-state index in [1.54, 1.807) is 22.8 Å². The first kappa shape index (κ1) is 15.7. The van der Waals surface area contributed by atoms with Crippen LogP contribution in [0.1, 0.15) is 5.69 Å². The van der Waals surface area contributed by atoms with Gasteiger partial charge in [-0.15, -0.1) is 10.2 Å². The molecule has 0 saturated carbocycles. The molecule has 0 bridgehead atoms. The first-order valence-electron chi connectivity index (χ1n) is 8.33. The van der Waals surface area contributed by atoms with Gasteiger partial charge in [0.05, 0.1) is 23.1 Å². The summed E-state index contributed by atoms with van der Waals surface area (Å²) in [5, 5.41) is 28.0. The van der Waals surface area contributed by atoms with Crippen LogP contribution in [0.4, 0.5) is 0 Å². The molecule has 0 aliphatic carbocycles. The van der Waals surface area contributed by atoms with Gasteiger partial charge >= 0.3 is 0 Å². The first-order valence-corrected chi connectivity index (χ1v) is 9.14. The minimum atomic E-state index is 0.228. The number of aromatic hydroxyl groups is 1. The van der Waals surface area contributed by atoms with Gasteiger partial charge in [0.25, 0.3) is 0 Å². The Kier molecular flexibility index (Phi) is 3.51. The molecule has 0 aliphatic heterocycles. The molecule has 0 radical (unpaired) electrons. The summed E-state index contributed by atoms with van der Waals surface area (Å²) in [6.07, 6.45) is 1.79. The summed E-state index contributed by atoms with van der Waals surface area (Å²) in [6, 6.07) is 16.9. The maximum atomic E-state index is 9.47. The zero-order chi connectivity index (χ0) is 18.4. The molecule has 7 nitrogen and oxygen atoms in total. The summed E-state index contributed by atoms with van der Waals surface area (Å²) < 4.78 is 3.62. The number of rotatable bonds is 3. The molecule has 0 aliphatic rings. The van der Waals surface area contributed by atoms with Crippen LogP contribution in [0.5, 0.6) is 5.75 Å². The molecule has 3 aromatic heterocycles. The van der Waals surface area contributed by atoms with Gasteiger partial charge in [-0.3, -0.25) is 0 Å². The molecule has 0 spiro atoms. The molecule has 1 N–H and O–H groups in total. The van der Waals surface area contributed by atoms with Crippen molar-refractivity contribution in [2.45, 2.75) is 6.92 Å². The van der Waals surface area contributed by atoms with Crippen molar-refractivity contribution in [1.29, 1.82) is 0 Å². The Labute approximate surface area is 158 Å². The smallest absolute Gasteiger partial charge is 0.235 e. The number of para-hydroxylation sites is 1. The van der Waals surface area contributed by atoms with Gasteiger partial charge in [-0.1, -0.05) is 29.5 Å². The summed E-state index contributed by atoms with van der Waals surface area (Å²) in [4.78, 5) is 0.708. The largest absolute Gasteiger partial charge is 0.508 e. The summed E-state index contributed by atoms with van der Waals surface area (Å²) in [5.74, 6) is 0.886. The normalized spacial score (nSPS) is 11.3. The quantitative estimate of drug-likeness (QED) is 0.520. The zero-order valence-electron chi connectivity index (χ0n) is 14.3. The minimum absolute atomic E-state index is 0.228. The minimum Gasteiger partial charge on any atom is -0.508 e. The number of nitrogens with zero attached hydrogens (tertiary/aromatic N) is 6. The Bertz CT molecular complexity index is 1240. The number of benzene rings is 2. The maximum Gasteiger partial charge on any atom is 0.235 e. The predicted octanol–water partition coefficient (Wildman–Crippen LogP) is 3.72. The highest BCUT2D eigenvalue weighted by atomic mass is 32.1. The van der Waals surface area contributed by atoms with Gasteiger partial charge in [-0.25, -0.2) is 4.68 Å². The Morgan fingerprint density at radius 1 is 0.963 bits per heavy atom. The van der Waals surface area contributed by atoms with E-state index in [0.29, 0.717) is 10.8 Å². The van der Waals surface area contributed by atoms with E-state index in [0.717, 1.165) is 27.5 Å². The van der Waals surface area contributed by atoms with Crippen molar-refractivity contribution in [2.24, 2.45) is 0 Å². The molecular weight excluding hydrogens is 360 g/mol. The lowest BCUT2D eigenvalue weighted by molar-refractivity contribution is 0.475.